The molecule has 26 heavy (non-hydrogen) atoms. The molecule has 1 aliphatic rings. The number of benzene rings is 1. The SMILES string of the molecule is CCNC(=NCc1cc(Cl)c2c(c1)OCCCO2)NCCn1cccc1. The van der Waals surface area contributed by atoms with Crippen LogP contribution in [0.3, 0.4) is 0 Å². The summed E-state index contributed by atoms with van der Waals surface area (Å²) in [5, 5.41) is 7.18. The summed E-state index contributed by atoms with van der Waals surface area (Å²) in [6.07, 6.45) is 4.95. The molecule has 1 aromatic heterocycles. The zero-order chi connectivity index (χ0) is 18.2. The van der Waals surface area contributed by atoms with Gasteiger partial charge in [0.1, 0.15) is 0 Å². The molecular formula is C19H25ClN4O2. The van der Waals surface area contributed by atoms with Crippen molar-refractivity contribution in [3.63, 3.8) is 0 Å². The summed E-state index contributed by atoms with van der Waals surface area (Å²) in [5.74, 6) is 2.11. The molecule has 1 aromatic carbocycles. The van der Waals surface area contributed by atoms with Crippen molar-refractivity contribution in [1.29, 1.82) is 0 Å². The number of rotatable bonds is 6. The molecule has 0 spiro atoms. The summed E-state index contributed by atoms with van der Waals surface area (Å²) in [5.41, 5.74) is 0.988. The molecule has 0 unspecified atom stereocenters. The Morgan fingerprint density at radius 1 is 1.19 bits per heavy atom. The first kappa shape index (κ1) is 18.5. The van der Waals surface area contributed by atoms with Crippen molar-refractivity contribution < 1.29 is 9.47 Å². The van der Waals surface area contributed by atoms with Gasteiger partial charge in [-0.3, -0.25) is 0 Å². The molecule has 0 radical (unpaired) electrons. The third-order valence-corrected chi connectivity index (χ3v) is 4.24. The van der Waals surface area contributed by atoms with Crippen LogP contribution in [0.4, 0.5) is 0 Å². The van der Waals surface area contributed by atoms with Crippen molar-refractivity contribution in [1.82, 2.24) is 15.2 Å². The second-order valence-corrected chi connectivity index (χ2v) is 6.41. The quantitative estimate of drug-likeness (QED) is 0.601. The molecule has 0 saturated carbocycles. The summed E-state index contributed by atoms with van der Waals surface area (Å²) in [6.45, 7) is 6.30. The van der Waals surface area contributed by atoms with E-state index in [9.17, 15) is 0 Å². The number of hydrogen-bond donors (Lipinski definition) is 2. The van der Waals surface area contributed by atoms with Crippen LogP contribution in [0.15, 0.2) is 41.7 Å². The van der Waals surface area contributed by atoms with Gasteiger partial charge in [0, 0.05) is 38.4 Å². The first-order valence-corrected chi connectivity index (χ1v) is 9.35. The van der Waals surface area contributed by atoms with Crippen LogP contribution in [0.25, 0.3) is 0 Å². The van der Waals surface area contributed by atoms with Crippen LogP contribution in [-0.2, 0) is 13.1 Å². The molecule has 3 rings (SSSR count). The molecular weight excluding hydrogens is 352 g/mol. The monoisotopic (exact) mass is 376 g/mol. The Balaban J connectivity index is 1.63. The fraction of sp³-hybridized carbons (Fsp3) is 0.421. The van der Waals surface area contributed by atoms with Gasteiger partial charge in [0.15, 0.2) is 17.5 Å². The van der Waals surface area contributed by atoms with Gasteiger partial charge in [-0.1, -0.05) is 11.6 Å². The average Bonchev–Trinajstić information content (AvgIpc) is 3.03. The summed E-state index contributed by atoms with van der Waals surface area (Å²) < 4.78 is 13.5. The number of nitrogens with one attached hydrogen (secondary N) is 2. The maximum atomic E-state index is 6.35. The van der Waals surface area contributed by atoms with Gasteiger partial charge >= 0.3 is 0 Å². The van der Waals surface area contributed by atoms with Gasteiger partial charge in [0.05, 0.1) is 24.8 Å². The van der Waals surface area contributed by atoms with Crippen molar-refractivity contribution in [2.24, 2.45) is 4.99 Å². The van der Waals surface area contributed by atoms with E-state index in [0.717, 1.165) is 37.6 Å². The van der Waals surface area contributed by atoms with E-state index in [1.54, 1.807) is 0 Å². The molecule has 2 aromatic rings. The number of hydrogen-bond acceptors (Lipinski definition) is 3. The van der Waals surface area contributed by atoms with Crippen LogP contribution in [0.1, 0.15) is 18.9 Å². The average molecular weight is 377 g/mol. The summed E-state index contributed by atoms with van der Waals surface area (Å²) in [4.78, 5) is 4.65. The largest absolute Gasteiger partial charge is 0.489 e. The molecule has 1 aliphatic heterocycles. The van der Waals surface area contributed by atoms with Crippen LogP contribution in [0.2, 0.25) is 5.02 Å². The van der Waals surface area contributed by atoms with Gasteiger partial charge < -0.3 is 24.7 Å². The predicted molar refractivity (Wildman–Crippen MR) is 104 cm³/mol. The summed E-state index contributed by atoms with van der Waals surface area (Å²) >= 11 is 6.35. The molecule has 7 heteroatoms. The Kier molecular flexibility index (Phi) is 6.66. The minimum absolute atomic E-state index is 0.509. The molecule has 0 saturated heterocycles. The molecule has 140 valence electrons. The van der Waals surface area contributed by atoms with Crippen LogP contribution in [0, 0.1) is 0 Å². The normalized spacial score (nSPS) is 14.0. The lowest BCUT2D eigenvalue weighted by molar-refractivity contribution is 0.297. The highest BCUT2D eigenvalue weighted by atomic mass is 35.5. The van der Waals surface area contributed by atoms with Gasteiger partial charge in [0.25, 0.3) is 0 Å². The van der Waals surface area contributed by atoms with Gasteiger partial charge in [0.2, 0.25) is 0 Å². The van der Waals surface area contributed by atoms with Gasteiger partial charge in [-0.2, -0.15) is 0 Å². The van der Waals surface area contributed by atoms with E-state index in [2.05, 4.69) is 20.2 Å². The molecule has 0 bridgehead atoms. The van der Waals surface area contributed by atoms with E-state index in [1.165, 1.54) is 0 Å². The number of fused-ring (bicyclic) bond motifs is 1. The second-order valence-electron chi connectivity index (χ2n) is 6.00. The Labute approximate surface area is 159 Å². The highest BCUT2D eigenvalue weighted by Crippen LogP contribution is 2.38. The third-order valence-electron chi connectivity index (χ3n) is 3.95. The van der Waals surface area contributed by atoms with E-state index in [1.807, 2.05) is 43.6 Å². The van der Waals surface area contributed by atoms with E-state index in [0.29, 0.717) is 36.3 Å². The number of aromatic nitrogens is 1. The smallest absolute Gasteiger partial charge is 0.191 e. The van der Waals surface area contributed by atoms with Gasteiger partial charge in [-0.15, -0.1) is 0 Å². The minimum atomic E-state index is 0.509. The van der Waals surface area contributed by atoms with Crippen LogP contribution in [0.5, 0.6) is 11.5 Å². The van der Waals surface area contributed by atoms with Crippen molar-refractivity contribution in [3.05, 3.63) is 47.2 Å². The zero-order valence-corrected chi connectivity index (χ0v) is 15.8. The highest BCUT2D eigenvalue weighted by molar-refractivity contribution is 6.32. The Hall–Kier alpha value is -2.34. The van der Waals surface area contributed by atoms with Crippen molar-refractivity contribution in [2.45, 2.75) is 26.4 Å². The van der Waals surface area contributed by atoms with Gasteiger partial charge in [-0.25, -0.2) is 4.99 Å². The fourth-order valence-electron chi connectivity index (χ4n) is 2.71. The summed E-state index contributed by atoms with van der Waals surface area (Å²) in [6, 6.07) is 7.89. The number of ether oxygens (including phenoxy) is 2. The van der Waals surface area contributed by atoms with Crippen LogP contribution >= 0.6 is 11.6 Å². The predicted octanol–water partition coefficient (Wildman–Crippen LogP) is 3.06. The van der Waals surface area contributed by atoms with E-state index < -0.39 is 0 Å². The molecule has 6 nitrogen and oxygen atoms in total. The maximum Gasteiger partial charge on any atom is 0.191 e. The zero-order valence-electron chi connectivity index (χ0n) is 15.0. The lowest BCUT2D eigenvalue weighted by atomic mass is 10.2. The molecule has 2 N–H and O–H groups in total. The molecule has 0 aliphatic carbocycles. The van der Waals surface area contributed by atoms with E-state index in [4.69, 9.17) is 21.1 Å². The molecule has 0 amide bonds. The van der Waals surface area contributed by atoms with Crippen molar-refractivity contribution in [2.75, 3.05) is 26.3 Å². The highest BCUT2D eigenvalue weighted by Gasteiger charge is 2.15. The molecule has 0 fully saturated rings. The number of guanidine groups is 1. The van der Waals surface area contributed by atoms with Crippen molar-refractivity contribution >= 4 is 17.6 Å². The third kappa shape index (κ3) is 5.08. The Morgan fingerprint density at radius 3 is 2.81 bits per heavy atom. The van der Waals surface area contributed by atoms with Crippen LogP contribution < -0.4 is 20.1 Å². The fourth-order valence-corrected chi connectivity index (χ4v) is 3.00. The number of halogens is 1. The first-order valence-electron chi connectivity index (χ1n) is 8.97. The molecule has 0 atom stereocenters. The van der Waals surface area contributed by atoms with Crippen LogP contribution in [-0.4, -0.2) is 36.8 Å². The lowest BCUT2D eigenvalue weighted by Crippen LogP contribution is -2.38. The Morgan fingerprint density at radius 2 is 2.00 bits per heavy atom. The number of aliphatic imine (C=N–C) groups is 1. The van der Waals surface area contributed by atoms with Gasteiger partial charge in [-0.05, 0) is 36.8 Å². The first-order chi connectivity index (χ1) is 12.8. The second kappa shape index (κ2) is 9.38. The lowest BCUT2D eigenvalue weighted by Gasteiger charge is -2.13. The molecule has 2 heterocycles. The summed E-state index contributed by atoms with van der Waals surface area (Å²) in [7, 11) is 0. The maximum absolute atomic E-state index is 6.35. The standard InChI is InChI=1S/C19H25ClN4O2/c1-2-21-19(22-6-9-24-7-3-4-8-24)23-14-15-12-16(20)18-17(13-15)25-10-5-11-26-18/h3-4,7-8,12-13H,2,5-6,9-11,14H2,1H3,(H2,21,22,23). The minimum Gasteiger partial charge on any atom is -0.489 e. The van der Waals surface area contributed by atoms with E-state index in [-0.39, 0.29) is 0 Å². The Bertz CT molecular complexity index is 731. The topological polar surface area (TPSA) is 59.8 Å². The van der Waals surface area contributed by atoms with Crippen molar-refractivity contribution in [3.8, 4) is 11.5 Å². The van der Waals surface area contributed by atoms with E-state index >= 15 is 0 Å². The number of nitrogens with zero attached hydrogens (tertiary/aromatic N) is 2.